The minimum absolute atomic E-state index is 0.0682. The number of esters is 1. The third kappa shape index (κ3) is 9.73. The largest absolute Gasteiger partial charge is 0.464 e. The van der Waals surface area contributed by atoms with E-state index in [1.807, 2.05) is 39.0 Å². The third-order valence-electron chi connectivity index (χ3n) is 14.0. The first-order valence-corrected chi connectivity index (χ1v) is 24.4. The Balaban J connectivity index is 1.12. The summed E-state index contributed by atoms with van der Waals surface area (Å²) in [6.07, 6.45) is 6.70. The highest BCUT2D eigenvalue weighted by molar-refractivity contribution is 7.81. The Morgan fingerprint density at radius 1 is 1.14 bits per heavy atom. The Morgan fingerprint density at radius 3 is 2.65 bits per heavy atom. The molecular weight excluding hydrogens is 906 g/mol. The van der Waals surface area contributed by atoms with Crippen molar-refractivity contribution in [1.29, 1.82) is 0 Å². The number of carbonyl (C=O) groups is 5. The number of hydrazine groups is 1. The molecule has 5 amide bonds. The second-order valence-electron chi connectivity index (χ2n) is 19.7. The molecule has 6 bridgehead atoms. The predicted molar refractivity (Wildman–Crippen MR) is 259 cm³/mol. The van der Waals surface area contributed by atoms with E-state index in [2.05, 4.69) is 48.2 Å². The van der Waals surface area contributed by atoms with Crippen LogP contribution in [0.4, 0.5) is 9.18 Å². The summed E-state index contributed by atoms with van der Waals surface area (Å²) in [5.74, 6) is -1.97. The van der Waals surface area contributed by atoms with Crippen molar-refractivity contribution in [2.75, 3.05) is 47.1 Å². The van der Waals surface area contributed by atoms with E-state index < -0.39 is 66.0 Å². The lowest BCUT2D eigenvalue weighted by molar-refractivity contribution is -0.155. The lowest BCUT2D eigenvalue weighted by Crippen LogP contribution is -2.69. The van der Waals surface area contributed by atoms with Gasteiger partial charge in [-0.25, -0.2) is 19.6 Å². The quantitative estimate of drug-likeness (QED) is 0.103. The molecule has 0 saturated carbocycles. The van der Waals surface area contributed by atoms with Crippen LogP contribution in [0.15, 0.2) is 59.4 Å². The maximum absolute atomic E-state index is 14.7. The minimum Gasteiger partial charge on any atom is -0.464 e. The van der Waals surface area contributed by atoms with Gasteiger partial charge in [-0.3, -0.25) is 29.2 Å². The van der Waals surface area contributed by atoms with E-state index in [4.69, 9.17) is 36.5 Å². The Morgan fingerprint density at radius 2 is 1.93 bits per heavy atom. The number of nitrogens with zero attached hydrogens (tertiary/aromatic N) is 7. The molecule has 0 spiro atoms. The van der Waals surface area contributed by atoms with Gasteiger partial charge in [-0.05, 0) is 81.0 Å². The van der Waals surface area contributed by atoms with Gasteiger partial charge in [0.2, 0.25) is 17.7 Å². The van der Waals surface area contributed by atoms with Gasteiger partial charge in [-0.1, -0.05) is 27.7 Å². The second-order valence-corrected chi connectivity index (χ2v) is 20.4. The van der Waals surface area contributed by atoms with Gasteiger partial charge in [0.1, 0.15) is 31.1 Å². The standard InChI is InChI=1S/C50H64FN9O8S/c1-9-57-37-17-16-30-21-33(37)34(43(57)32-13-11-19-52-41(32)29(4)66-8)23-50(5,6)27-68-48(64)35-14-12-20-60(55-35)47(63)36(22-31-26-67-46(30)53-31)54-45(62)42(28(2)3)56(7)49(65)59-24-38-44(59)39(69)25-58(38)40(61)15-10-18-51/h10-11,13,15-17,19,21,26,28-29,35-36,38-39,42,44,55,69H,9,12,14,18,20,22-25,27H2,1-8H3,(H,54,62)/b15-10+/t29-,35-,36-,38-,39+,42-,44+/m0/s1. The fourth-order valence-corrected chi connectivity index (χ4v) is 11.0. The number of cyclic esters (lactones) is 1. The fraction of sp³-hybridized carbons (Fsp3) is 0.540. The van der Waals surface area contributed by atoms with Crippen LogP contribution >= 0.6 is 12.6 Å². The van der Waals surface area contributed by atoms with Crippen LogP contribution in [0.2, 0.25) is 0 Å². The number of rotatable bonds is 10. The number of likely N-dealkylation sites (tertiary alicyclic amines) is 2. The summed E-state index contributed by atoms with van der Waals surface area (Å²) in [4.78, 5) is 84.3. The molecule has 370 valence electrons. The Hall–Kier alpha value is -5.79. The molecular formula is C50H64FN9O8S. The number of carbonyl (C=O) groups excluding carboxylic acids is 5. The van der Waals surface area contributed by atoms with Crippen molar-refractivity contribution < 1.29 is 42.3 Å². The summed E-state index contributed by atoms with van der Waals surface area (Å²) in [5.41, 5.74) is 8.42. The lowest BCUT2D eigenvalue weighted by Gasteiger charge is -2.49. The van der Waals surface area contributed by atoms with Gasteiger partial charge < -0.3 is 38.5 Å². The van der Waals surface area contributed by atoms with E-state index >= 15 is 0 Å². The van der Waals surface area contributed by atoms with Crippen molar-refractivity contribution in [2.45, 2.75) is 115 Å². The normalized spacial score (nSPS) is 23.6. The number of hydrogen-bond acceptors (Lipinski definition) is 12. The van der Waals surface area contributed by atoms with Gasteiger partial charge in [0.25, 0.3) is 5.91 Å². The molecule has 3 saturated heterocycles. The molecule has 3 aromatic heterocycles. The van der Waals surface area contributed by atoms with Gasteiger partial charge in [0.15, 0.2) is 0 Å². The molecule has 2 N–H and O–H groups in total. The molecule has 69 heavy (non-hydrogen) atoms. The molecule has 7 atom stereocenters. The van der Waals surface area contributed by atoms with E-state index in [9.17, 15) is 28.4 Å². The zero-order valence-corrected chi connectivity index (χ0v) is 41.5. The van der Waals surface area contributed by atoms with Crippen molar-refractivity contribution >= 4 is 53.3 Å². The molecule has 0 radical (unpaired) electrons. The van der Waals surface area contributed by atoms with Crippen molar-refractivity contribution in [3.8, 4) is 22.7 Å². The van der Waals surface area contributed by atoms with Crippen LogP contribution in [0.3, 0.4) is 0 Å². The van der Waals surface area contributed by atoms with Crippen LogP contribution in [0.5, 0.6) is 0 Å². The second kappa shape index (κ2) is 20.3. The number of oxazole rings is 1. The van der Waals surface area contributed by atoms with E-state index in [1.165, 1.54) is 22.2 Å². The van der Waals surface area contributed by atoms with Crippen LogP contribution in [0.1, 0.15) is 77.4 Å². The Bertz CT molecular complexity index is 2630. The average molecular weight is 970 g/mol. The van der Waals surface area contributed by atoms with Crippen molar-refractivity contribution in [3.63, 3.8) is 0 Å². The summed E-state index contributed by atoms with van der Waals surface area (Å²) in [7, 11) is 3.21. The highest BCUT2D eigenvalue weighted by atomic mass is 32.1. The van der Waals surface area contributed by atoms with Gasteiger partial charge in [-0.15, -0.1) is 0 Å². The van der Waals surface area contributed by atoms with Crippen LogP contribution in [0, 0.1) is 11.3 Å². The number of nitrogens with one attached hydrogen (secondary N) is 2. The zero-order valence-electron chi connectivity index (χ0n) is 40.6. The first-order chi connectivity index (χ1) is 33.0. The van der Waals surface area contributed by atoms with E-state index in [1.54, 1.807) is 30.2 Å². The number of aromatic nitrogens is 3. The number of amides is 5. The van der Waals surface area contributed by atoms with Crippen LogP contribution in [-0.4, -0.2) is 146 Å². The number of ether oxygens (including phenoxy) is 2. The number of halogens is 1. The maximum Gasteiger partial charge on any atom is 0.324 e. The molecule has 0 unspecified atom stereocenters. The van der Waals surface area contributed by atoms with Crippen LogP contribution in [-0.2, 0) is 48.0 Å². The summed E-state index contributed by atoms with van der Waals surface area (Å²) in [6.45, 7) is 12.6. The molecule has 4 aliphatic heterocycles. The molecule has 7 heterocycles. The summed E-state index contributed by atoms with van der Waals surface area (Å²) in [6, 6.07) is 5.89. The summed E-state index contributed by atoms with van der Waals surface area (Å²) < 4.78 is 33.1. The molecule has 8 rings (SSSR count). The zero-order chi connectivity index (χ0) is 49.5. The third-order valence-corrected chi connectivity index (χ3v) is 14.4. The van der Waals surface area contributed by atoms with E-state index in [0.717, 1.165) is 39.5 Å². The average Bonchev–Trinajstić information content (AvgIpc) is 3.99. The van der Waals surface area contributed by atoms with Gasteiger partial charge in [0, 0.05) is 91.7 Å². The summed E-state index contributed by atoms with van der Waals surface area (Å²) in [5, 5.41) is 4.95. The van der Waals surface area contributed by atoms with Crippen LogP contribution < -0.4 is 10.7 Å². The Kier molecular flexibility index (Phi) is 14.6. The molecule has 4 aromatic rings. The molecule has 1 aromatic carbocycles. The number of methoxy groups -OCH3 is 1. The number of benzene rings is 1. The molecule has 3 fully saturated rings. The number of thiol groups is 1. The smallest absolute Gasteiger partial charge is 0.324 e. The highest BCUT2D eigenvalue weighted by Crippen LogP contribution is 2.42. The first-order valence-electron chi connectivity index (χ1n) is 23.8. The number of likely N-dealkylation sites (N-methyl/N-ethyl adjacent to an activating group) is 1. The summed E-state index contributed by atoms with van der Waals surface area (Å²) >= 11 is 4.70. The van der Waals surface area contributed by atoms with Crippen molar-refractivity contribution in [1.82, 2.24) is 45.0 Å². The van der Waals surface area contributed by atoms with E-state index in [-0.39, 0.29) is 56.0 Å². The molecule has 17 nitrogen and oxygen atoms in total. The minimum atomic E-state index is -1.19. The molecule has 19 heteroatoms. The highest BCUT2D eigenvalue weighted by Gasteiger charge is 2.55. The topological polar surface area (TPSA) is 185 Å². The van der Waals surface area contributed by atoms with Crippen molar-refractivity contribution in [3.05, 3.63) is 71.9 Å². The SMILES string of the molecule is CCn1c(-c2cccnc2[C@H](C)OC)c2c3cc(ccc31)-c1nc(co1)C[C@H](NC(=O)[C@H](C(C)C)N(C)C(=O)N1C[C@H]3[C@@H]1[C@H](S)CN3C(=O)/C=C/CF)C(=O)N1CCC[C@H](N1)C(=O)OCC(C)(C)C2. The number of fused-ring (bicyclic) bond motifs is 7. The lowest BCUT2D eigenvalue weighted by atomic mass is 9.84. The van der Waals surface area contributed by atoms with Crippen molar-refractivity contribution in [2.24, 2.45) is 11.3 Å². The van der Waals surface area contributed by atoms with Gasteiger partial charge in [0.05, 0.1) is 41.9 Å². The molecule has 4 aliphatic rings. The number of urea groups is 1. The van der Waals surface area contributed by atoms with Crippen LogP contribution in [0.25, 0.3) is 33.6 Å². The number of hydrogen-bond donors (Lipinski definition) is 3. The number of alkyl halides is 1. The fourth-order valence-electron chi connectivity index (χ4n) is 10.5. The van der Waals surface area contributed by atoms with E-state index in [0.29, 0.717) is 43.0 Å². The Labute approximate surface area is 407 Å². The number of aryl methyl sites for hydroxylation is 1. The monoisotopic (exact) mass is 969 g/mol. The first kappa shape index (κ1) is 49.6. The number of allylic oxidation sites excluding steroid dienone is 1. The predicted octanol–water partition coefficient (Wildman–Crippen LogP) is 5.53. The maximum atomic E-state index is 14.7. The van der Waals surface area contributed by atoms with Gasteiger partial charge in [-0.2, -0.15) is 12.6 Å². The number of pyridine rings is 1. The van der Waals surface area contributed by atoms with Gasteiger partial charge >= 0.3 is 12.0 Å². The molecule has 0 aliphatic carbocycles.